The summed E-state index contributed by atoms with van der Waals surface area (Å²) in [5.74, 6) is 0. The molecule has 9 heteroatoms. The van der Waals surface area contributed by atoms with Gasteiger partial charge in [-0.2, -0.15) is 0 Å². The Morgan fingerprint density at radius 2 is 1.43 bits per heavy atom. The minimum atomic E-state index is -0.836. The maximum Gasteiger partial charge on any atom is 0.421 e. The van der Waals surface area contributed by atoms with Gasteiger partial charge in [0.1, 0.15) is 0 Å². The monoisotopic (exact) mass is 554 g/mol. The van der Waals surface area contributed by atoms with Gasteiger partial charge in [-0.25, -0.2) is 18.7 Å². The number of carbonyl (C=O) groups is 3. The van der Waals surface area contributed by atoms with Crippen LogP contribution in [0.1, 0.15) is 29.8 Å². The quantitative estimate of drug-likeness (QED) is 0.219. The van der Waals surface area contributed by atoms with E-state index in [9.17, 15) is 19.2 Å². The summed E-state index contributed by atoms with van der Waals surface area (Å²) in [6.45, 7) is 5.17. The molecule has 0 radical (unpaired) electrons. The van der Waals surface area contributed by atoms with Gasteiger partial charge in [0, 0.05) is 27.0 Å². The van der Waals surface area contributed by atoms with Gasteiger partial charge in [0.05, 0.1) is 29.8 Å². The Bertz CT molecular complexity index is 1840. The van der Waals surface area contributed by atoms with Crippen LogP contribution in [0, 0.1) is 6.92 Å². The van der Waals surface area contributed by atoms with Crippen molar-refractivity contribution < 1.29 is 23.9 Å². The molecular formula is C31H26N2O6S. The van der Waals surface area contributed by atoms with Gasteiger partial charge in [-0.1, -0.05) is 60.7 Å². The van der Waals surface area contributed by atoms with Crippen LogP contribution in [0.4, 0.5) is 9.59 Å². The second kappa shape index (κ2) is 11.2. The van der Waals surface area contributed by atoms with Crippen LogP contribution in [0.5, 0.6) is 0 Å². The third-order valence-corrected chi connectivity index (χ3v) is 7.36. The number of para-hydroxylation sites is 1. The number of carbonyl (C=O) groups excluding carboxylic acids is 3. The smallest absolute Gasteiger partial charge is 0.421 e. The molecule has 8 nitrogen and oxygen atoms in total. The summed E-state index contributed by atoms with van der Waals surface area (Å²) in [5, 5.41) is 0.389. The van der Waals surface area contributed by atoms with E-state index in [0.717, 1.165) is 16.3 Å². The van der Waals surface area contributed by atoms with Gasteiger partial charge in [0.2, 0.25) is 5.12 Å². The van der Waals surface area contributed by atoms with Crippen molar-refractivity contribution >= 4 is 51.0 Å². The SMILES string of the molecule is CCOC(=O)n1c(=O)c(C)c(-c2cccc(SC(=O)c3ccccc3)c2)c2c1c1ccccc1n2C(=O)OCC. The van der Waals surface area contributed by atoms with E-state index in [0.29, 0.717) is 38.0 Å². The zero-order valence-corrected chi connectivity index (χ0v) is 23.0. The molecule has 2 aromatic heterocycles. The molecule has 0 unspecified atom stereocenters. The van der Waals surface area contributed by atoms with Crippen molar-refractivity contribution in [2.24, 2.45) is 0 Å². The van der Waals surface area contributed by atoms with E-state index >= 15 is 0 Å². The molecule has 3 aromatic carbocycles. The van der Waals surface area contributed by atoms with Crippen LogP contribution in [0.3, 0.4) is 0 Å². The van der Waals surface area contributed by atoms with E-state index in [2.05, 4.69) is 0 Å². The van der Waals surface area contributed by atoms with Gasteiger partial charge < -0.3 is 9.47 Å². The molecule has 0 atom stereocenters. The van der Waals surface area contributed by atoms with E-state index in [4.69, 9.17) is 9.47 Å². The maximum absolute atomic E-state index is 13.8. The highest BCUT2D eigenvalue weighted by Gasteiger charge is 2.28. The van der Waals surface area contributed by atoms with Crippen LogP contribution in [-0.2, 0) is 9.47 Å². The lowest BCUT2D eigenvalue weighted by Crippen LogP contribution is -2.30. The van der Waals surface area contributed by atoms with Gasteiger partial charge in [0.15, 0.2) is 0 Å². The summed E-state index contributed by atoms with van der Waals surface area (Å²) in [6.07, 6.45) is -1.48. The summed E-state index contributed by atoms with van der Waals surface area (Å²) in [4.78, 5) is 53.8. The lowest BCUT2D eigenvalue weighted by molar-refractivity contribution is 0.108. The Morgan fingerprint density at radius 3 is 2.12 bits per heavy atom. The molecule has 0 N–H and O–H groups in total. The van der Waals surface area contributed by atoms with Gasteiger partial charge in [-0.15, -0.1) is 0 Å². The third kappa shape index (κ3) is 4.69. The van der Waals surface area contributed by atoms with E-state index in [1.54, 1.807) is 87.5 Å². The van der Waals surface area contributed by atoms with Crippen molar-refractivity contribution in [1.82, 2.24) is 9.13 Å². The number of hydrogen-bond acceptors (Lipinski definition) is 7. The minimum absolute atomic E-state index is 0.0682. The second-order valence-corrected chi connectivity index (χ2v) is 9.92. The lowest BCUT2D eigenvalue weighted by Gasteiger charge is -2.16. The first-order valence-corrected chi connectivity index (χ1v) is 13.6. The molecule has 0 spiro atoms. The Morgan fingerprint density at radius 1 is 0.775 bits per heavy atom. The molecule has 0 aliphatic carbocycles. The summed E-state index contributed by atoms with van der Waals surface area (Å²) in [6, 6.07) is 23.2. The zero-order valence-electron chi connectivity index (χ0n) is 22.2. The van der Waals surface area contributed by atoms with Crippen molar-refractivity contribution in [3.8, 4) is 11.1 Å². The summed E-state index contributed by atoms with van der Waals surface area (Å²) in [7, 11) is 0. The fraction of sp³-hybridized carbons (Fsp3) is 0.161. The van der Waals surface area contributed by atoms with Crippen molar-refractivity contribution in [3.05, 3.63) is 100 Å². The number of aromatic nitrogens is 2. The van der Waals surface area contributed by atoms with Gasteiger partial charge in [-0.3, -0.25) is 9.59 Å². The number of benzene rings is 3. The minimum Gasteiger partial charge on any atom is -0.449 e. The van der Waals surface area contributed by atoms with E-state index < -0.39 is 17.7 Å². The summed E-state index contributed by atoms with van der Waals surface area (Å²) < 4.78 is 13.0. The molecule has 2 heterocycles. The predicted octanol–water partition coefficient (Wildman–Crippen LogP) is 6.87. The first-order chi connectivity index (χ1) is 19.4. The molecular weight excluding hydrogens is 528 g/mol. The van der Waals surface area contributed by atoms with E-state index in [1.807, 2.05) is 12.1 Å². The molecule has 0 bridgehead atoms. The topological polar surface area (TPSA) is 96.6 Å². The third-order valence-electron chi connectivity index (χ3n) is 6.45. The molecule has 0 amide bonds. The highest BCUT2D eigenvalue weighted by molar-refractivity contribution is 8.14. The Balaban J connectivity index is 1.82. The molecule has 5 rings (SSSR count). The average molecular weight is 555 g/mol. The number of thioether (sulfide) groups is 1. The maximum atomic E-state index is 13.8. The van der Waals surface area contributed by atoms with E-state index in [-0.39, 0.29) is 29.4 Å². The fourth-order valence-corrected chi connectivity index (χ4v) is 5.58. The zero-order chi connectivity index (χ0) is 28.4. The van der Waals surface area contributed by atoms with Crippen molar-refractivity contribution in [2.45, 2.75) is 25.7 Å². The van der Waals surface area contributed by atoms with Crippen LogP contribution < -0.4 is 5.56 Å². The number of fused-ring (bicyclic) bond motifs is 3. The summed E-state index contributed by atoms with van der Waals surface area (Å²) >= 11 is 1.06. The number of rotatable bonds is 5. The number of hydrogen-bond donors (Lipinski definition) is 0. The lowest BCUT2D eigenvalue weighted by atomic mass is 10.00. The molecule has 0 saturated carbocycles. The van der Waals surface area contributed by atoms with Crippen molar-refractivity contribution in [2.75, 3.05) is 13.2 Å². The summed E-state index contributed by atoms with van der Waals surface area (Å²) in [5.41, 5.74) is 2.36. The molecule has 5 aromatic rings. The largest absolute Gasteiger partial charge is 0.449 e. The standard InChI is InChI=1S/C31H26N2O6S/c1-4-38-30(36)32-24-17-10-9-16-23(24)26-27(32)25(19(3)28(34)33(26)31(37)39-5-2)21-14-11-15-22(18-21)40-29(35)20-12-7-6-8-13-20/h6-18H,4-5H2,1-3H3. The van der Waals surface area contributed by atoms with Gasteiger partial charge in [0.25, 0.3) is 5.56 Å². The highest BCUT2D eigenvalue weighted by Crippen LogP contribution is 2.38. The van der Waals surface area contributed by atoms with Gasteiger partial charge >= 0.3 is 12.2 Å². The molecule has 0 fully saturated rings. The number of pyridine rings is 1. The van der Waals surface area contributed by atoms with Crippen molar-refractivity contribution in [3.63, 3.8) is 0 Å². The number of ether oxygens (including phenoxy) is 2. The fourth-order valence-electron chi connectivity index (χ4n) is 4.78. The highest BCUT2D eigenvalue weighted by atomic mass is 32.2. The Labute approximate surface area is 234 Å². The Kier molecular flexibility index (Phi) is 7.57. The van der Waals surface area contributed by atoms with Crippen LogP contribution in [0.15, 0.2) is 88.6 Å². The Hall–Kier alpha value is -4.63. The molecule has 0 aliphatic rings. The van der Waals surface area contributed by atoms with Crippen LogP contribution >= 0.6 is 11.8 Å². The van der Waals surface area contributed by atoms with Crippen LogP contribution in [0.2, 0.25) is 0 Å². The normalized spacial score (nSPS) is 11.1. The number of nitrogens with zero attached hydrogens (tertiary/aromatic N) is 2. The first kappa shape index (κ1) is 27.0. The average Bonchev–Trinajstić information content (AvgIpc) is 3.29. The van der Waals surface area contributed by atoms with Crippen LogP contribution in [0.25, 0.3) is 33.1 Å². The molecule has 0 aliphatic heterocycles. The second-order valence-electron chi connectivity index (χ2n) is 8.87. The van der Waals surface area contributed by atoms with Gasteiger partial charge in [-0.05, 0) is 56.3 Å². The van der Waals surface area contributed by atoms with Crippen LogP contribution in [-0.4, -0.2) is 39.6 Å². The van der Waals surface area contributed by atoms with E-state index in [1.165, 1.54) is 4.57 Å². The molecule has 40 heavy (non-hydrogen) atoms. The predicted molar refractivity (Wildman–Crippen MR) is 155 cm³/mol. The van der Waals surface area contributed by atoms with Crippen molar-refractivity contribution in [1.29, 1.82) is 0 Å². The molecule has 0 saturated heterocycles. The molecule has 202 valence electrons. The first-order valence-electron chi connectivity index (χ1n) is 12.8.